The number of hydrogen-bond acceptors (Lipinski definition) is 5. The average molecular weight is 375 g/mol. The molecule has 0 bridgehead atoms. The molecule has 4 nitrogen and oxygen atoms in total. The van der Waals surface area contributed by atoms with Crippen molar-refractivity contribution in [3.05, 3.63) is 66.2 Å². The topological polar surface area (TPSA) is 60.2 Å². The van der Waals surface area contributed by atoms with Gasteiger partial charge in [0.2, 0.25) is 0 Å². The van der Waals surface area contributed by atoms with Gasteiger partial charge in [-0.25, -0.2) is 4.98 Å². The minimum atomic E-state index is 0.537. The number of nitrogens with one attached hydrogen (secondary N) is 1. The number of fused-ring (bicyclic) bond motifs is 2. The Labute approximate surface area is 162 Å². The van der Waals surface area contributed by atoms with Gasteiger partial charge >= 0.3 is 0 Å². The number of ether oxygens (including phenoxy) is 1. The van der Waals surface area contributed by atoms with Crippen LogP contribution in [0.1, 0.15) is 5.56 Å². The second-order valence-corrected chi connectivity index (χ2v) is 7.16. The first-order chi connectivity index (χ1) is 13.2. The van der Waals surface area contributed by atoms with E-state index in [0.717, 1.165) is 44.5 Å². The first-order valence-electron chi connectivity index (χ1n) is 8.73. The first-order valence-corrected chi connectivity index (χ1v) is 9.96. The molecule has 27 heavy (non-hydrogen) atoms. The Balaban J connectivity index is 1.95. The number of rotatable bonds is 5. The number of nitrogens with two attached hydrogens (primary N) is 1. The van der Waals surface area contributed by atoms with Crippen LogP contribution in [0.3, 0.4) is 0 Å². The average Bonchev–Trinajstić information content (AvgIpc) is 2.73. The predicted molar refractivity (Wildman–Crippen MR) is 115 cm³/mol. The zero-order valence-corrected chi connectivity index (χ0v) is 16.1. The standard InChI is InChI=1S/C22H21N3OS/c1-26-16-7-9-20-18(11-16)22(24-15-5-3-14(13-23)4-6-15)19-12-17(27-2)8-10-21(19)25-20/h3-12H,13,23H2,1-2H3,(H,24,25). The summed E-state index contributed by atoms with van der Waals surface area (Å²) in [5.74, 6) is 0.811. The van der Waals surface area contributed by atoms with Crippen LogP contribution < -0.4 is 15.8 Å². The smallest absolute Gasteiger partial charge is 0.119 e. The molecular weight excluding hydrogens is 354 g/mol. The van der Waals surface area contributed by atoms with Gasteiger partial charge in [0.15, 0.2) is 0 Å². The summed E-state index contributed by atoms with van der Waals surface area (Å²) < 4.78 is 5.44. The summed E-state index contributed by atoms with van der Waals surface area (Å²) in [4.78, 5) is 6.04. The van der Waals surface area contributed by atoms with Crippen LogP contribution in [0, 0.1) is 0 Å². The van der Waals surface area contributed by atoms with Gasteiger partial charge in [0.05, 0.1) is 23.8 Å². The summed E-state index contributed by atoms with van der Waals surface area (Å²) in [7, 11) is 1.68. The van der Waals surface area contributed by atoms with Gasteiger partial charge in [-0.05, 0) is 60.4 Å². The quantitative estimate of drug-likeness (QED) is 0.365. The molecule has 3 aromatic carbocycles. The van der Waals surface area contributed by atoms with E-state index in [2.05, 4.69) is 41.9 Å². The molecule has 136 valence electrons. The molecule has 3 N–H and O–H groups in total. The lowest BCUT2D eigenvalue weighted by molar-refractivity contribution is 0.415. The molecular formula is C22H21N3OS. The number of methoxy groups -OCH3 is 1. The van der Waals surface area contributed by atoms with Crippen LogP contribution in [-0.4, -0.2) is 18.3 Å². The van der Waals surface area contributed by atoms with Crippen molar-refractivity contribution in [3.8, 4) is 5.75 Å². The van der Waals surface area contributed by atoms with E-state index in [9.17, 15) is 0 Å². The number of aromatic nitrogens is 1. The largest absolute Gasteiger partial charge is 0.497 e. The van der Waals surface area contributed by atoms with Crippen molar-refractivity contribution in [2.75, 3.05) is 18.7 Å². The molecule has 0 saturated carbocycles. The summed E-state index contributed by atoms with van der Waals surface area (Å²) in [5, 5.41) is 5.72. The zero-order valence-electron chi connectivity index (χ0n) is 15.3. The monoisotopic (exact) mass is 375 g/mol. The molecule has 0 aliphatic rings. The van der Waals surface area contributed by atoms with Crippen molar-refractivity contribution in [1.29, 1.82) is 0 Å². The van der Waals surface area contributed by atoms with E-state index in [4.69, 9.17) is 15.5 Å². The van der Waals surface area contributed by atoms with Crippen molar-refractivity contribution in [1.82, 2.24) is 4.98 Å². The normalized spacial score (nSPS) is 11.1. The third-order valence-electron chi connectivity index (χ3n) is 4.65. The van der Waals surface area contributed by atoms with Crippen molar-refractivity contribution in [3.63, 3.8) is 0 Å². The molecule has 5 heteroatoms. The lowest BCUT2D eigenvalue weighted by Gasteiger charge is -2.15. The number of pyridine rings is 1. The summed E-state index contributed by atoms with van der Waals surface area (Å²) in [6, 6.07) is 20.5. The fraction of sp³-hybridized carbons (Fsp3) is 0.136. The summed E-state index contributed by atoms with van der Waals surface area (Å²) in [5.41, 5.74) is 10.8. The maximum Gasteiger partial charge on any atom is 0.119 e. The summed E-state index contributed by atoms with van der Waals surface area (Å²) in [6.45, 7) is 0.537. The Kier molecular flexibility index (Phi) is 4.88. The fourth-order valence-electron chi connectivity index (χ4n) is 3.16. The van der Waals surface area contributed by atoms with E-state index in [1.54, 1.807) is 18.9 Å². The van der Waals surface area contributed by atoms with Gasteiger partial charge in [-0.15, -0.1) is 11.8 Å². The number of thioether (sulfide) groups is 1. The third-order valence-corrected chi connectivity index (χ3v) is 5.37. The van der Waals surface area contributed by atoms with Crippen LogP contribution in [0.15, 0.2) is 65.6 Å². The maximum atomic E-state index is 5.72. The highest BCUT2D eigenvalue weighted by Crippen LogP contribution is 2.36. The molecule has 0 radical (unpaired) electrons. The number of anilines is 2. The van der Waals surface area contributed by atoms with Crippen molar-refractivity contribution in [2.24, 2.45) is 5.73 Å². The molecule has 0 fully saturated rings. The SMILES string of the molecule is COc1ccc2nc3ccc(SC)cc3c(Nc3ccc(CN)cc3)c2c1. The fourth-order valence-corrected chi connectivity index (χ4v) is 3.60. The van der Waals surface area contributed by atoms with Crippen molar-refractivity contribution < 1.29 is 4.74 Å². The lowest BCUT2D eigenvalue weighted by atomic mass is 10.1. The molecule has 0 aliphatic heterocycles. The van der Waals surface area contributed by atoms with E-state index in [1.165, 1.54) is 4.90 Å². The van der Waals surface area contributed by atoms with Gasteiger partial charge < -0.3 is 15.8 Å². The van der Waals surface area contributed by atoms with Crippen LogP contribution in [0.4, 0.5) is 11.4 Å². The van der Waals surface area contributed by atoms with Gasteiger partial charge in [-0.3, -0.25) is 0 Å². The molecule has 0 saturated heterocycles. The highest BCUT2D eigenvalue weighted by molar-refractivity contribution is 7.98. The van der Waals surface area contributed by atoms with E-state index in [1.807, 2.05) is 30.3 Å². The van der Waals surface area contributed by atoms with Gasteiger partial charge in [0, 0.05) is 27.9 Å². The molecule has 0 aliphatic carbocycles. The first kappa shape index (κ1) is 17.6. The Morgan fingerprint density at radius 1 is 0.963 bits per heavy atom. The van der Waals surface area contributed by atoms with Gasteiger partial charge in [0.1, 0.15) is 5.75 Å². The van der Waals surface area contributed by atoms with Crippen LogP contribution in [0.2, 0.25) is 0 Å². The van der Waals surface area contributed by atoms with E-state index in [0.29, 0.717) is 6.54 Å². The lowest BCUT2D eigenvalue weighted by Crippen LogP contribution is -1.98. The van der Waals surface area contributed by atoms with Crippen LogP contribution in [0.25, 0.3) is 21.8 Å². The molecule has 0 unspecified atom stereocenters. The van der Waals surface area contributed by atoms with Crippen LogP contribution in [0.5, 0.6) is 5.75 Å². The van der Waals surface area contributed by atoms with E-state index in [-0.39, 0.29) is 0 Å². The molecule has 4 aromatic rings. The Morgan fingerprint density at radius 2 is 1.67 bits per heavy atom. The van der Waals surface area contributed by atoms with Gasteiger partial charge in [-0.2, -0.15) is 0 Å². The molecule has 0 amide bonds. The number of benzene rings is 3. The van der Waals surface area contributed by atoms with E-state index < -0.39 is 0 Å². The van der Waals surface area contributed by atoms with Crippen LogP contribution in [-0.2, 0) is 6.54 Å². The summed E-state index contributed by atoms with van der Waals surface area (Å²) in [6.07, 6.45) is 2.08. The molecule has 0 spiro atoms. The maximum absolute atomic E-state index is 5.72. The second-order valence-electron chi connectivity index (χ2n) is 6.28. The van der Waals surface area contributed by atoms with Crippen molar-refractivity contribution in [2.45, 2.75) is 11.4 Å². The third kappa shape index (κ3) is 3.44. The van der Waals surface area contributed by atoms with E-state index >= 15 is 0 Å². The zero-order chi connectivity index (χ0) is 18.8. The highest BCUT2D eigenvalue weighted by Gasteiger charge is 2.11. The Morgan fingerprint density at radius 3 is 2.33 bits per heavy atom. The number of nitrogens with zero attached hydrogens (tertiary/aromatic N) is 1. The molecule has 0 atom stereocenters. The van der Waals surface area contributed by atoms with Crippen LogP contribution >= 0.6 is 11.8 Å². The molecule has 1 aromatic heterocycles. The summed E-state index contributed by atoms with van der Waals surface area (Å²) >= 11 is 1.72. The van der Waals surface area contributed by atoms with Gasteiger partial charge in [0.25, 0.3) is 0 Å². The molecule has 1 heterocycles. The van der Waals surface area contributed by atoms with Gasteiger partial charge in [-0.1, -0.05) is 12.1 Å². The minimum absolute atomic E-state index is 0.537. The Hall–Kier alpha value is -2.76. The van der Waals surface area contributed by atoms with Crippen molar-refractivity contribution >= 4 is 44.9 Å². The Bertz CT molecular complexity index is 1050. The molecule has 4 rings (SSSR count). The predicted octanol–water partition coefficient (Wildman–Crippen LogP) is 5.32. The number of hydrogen-bond donors (Lipinski definition) is 2. The second kappa shape index (κ2) is 7.47. The highest BCUT2D eigenvalue weighted by atomic mass is 32.2. The minimum Gasteiger partial charge on any atom is -0.497 e.